The fourth-order valence-corrected chi connectivity index (χ4v) is 3.32. The molecule has 1 aliphatic rings. The summed E-state index contributed by atoms with van der Waals surface area (Å²) in [6.45, 7) is 7.86. The van der Waals surface area contributed by atoms with Gasteiger partial charge in [-0.05, 0) is 44.6 Å². The molecule has 0 aliphatic heterocycles. The Labute approximate surface area is 114 Å². The largest absolute Gasteiger partial charge is 0.376 e. The molecule has 0 spiro atoms. The third-order valence-electron chi connectivity index (χ3n) is 4.41. The van der Waals surface area contributed by atoms with Crippen molar-refractivity contribution in [2.75, 3.05) is 13.7 Å². The van der Waals surface area contributed by atoms with Gasteiger partial charge < -0.3 is 10.1 Å². The lowest BCUT2D eigenvalue weighted by atomic mass is 9.83. The maximum absolute atomic E-state index is 6.22. The van der Waals surface area contributed by atoms with Gasteiger partial charge in [0.25, 0.3) is 0 Å². The van der Waals surface area contributed by atoms with Crippen molar-refractivity contribution in [2.24, 2.45) is 11.8 Å². The zero-order valence-corrected chi connectivity index (χ0v) is 12.9. The molecular weight excluding hydrogens is 222 g/mol. The van der Waals surface area contributed by atoms with Gasteiger partial charge in [-0.3, -0.25) is 0 Å². The highest BCUT2D eigenvalue weighted by molar-refractivity contribution is 4.76. The molecule has 0 amide bonds. The van der Waals surface area contributed by atoms with Crippen LogP contribution < -0.4 is 5.32 Å². The predicted molar refractivity (Wildman–Crippen MR) is 78.9 cm³/mol. The summed E-state index contributed by atoms with van der Waals surface area (Å²) in [6.07, 6.45) is 9.52. The van der Waals surface area contributed by atoms with Crippen molar-refractivity contribution in [1.29, 1.82) is 0 Å². The Morgan fingerprint density at radius 1 is 1.28 bits per heavy atom. The van der Waals surface area contributed by atoms with E-state index in [4.69, 9.17) is 4.74 Å². The van der Waals surface area contributed by atoms with Crippen LogP contribution in [0.2, 0.25) is 0 Å². The van der Waals surface area contributed by atoms with Crippen LogP contribution in [0.1, 0.15) is 65.7 Å². The van der Waals surface area contributed by atoms with Crippen LogP contribution in [-0.2, 0) is 4.74 Å². The first-order valence-electron chi connectivity index (χ1n) is 8.00. The molecule has 1 aliphatic carbocycles. The van der Waals surface area contributed by atoms with Gasteiger partial charge in [0, 0.05) is 12.6 Å². The third-order valence-corrected chi connectivity index (χ3v) is 4.41. The van der Waals surface area contributed by atoms with Crippen molar-refractivity contribution in [3.05, 3.63) is 0 Å². The van der Waals surface area contributed by atoms with Gasteiger partial charge in [-0.2, -0.15) is 0 Å². The number of rotatable bonds is 8. The minimum absolute atomic E-state index is 0.396. The second-order valence-corrected chi connectivity index (χ2v) is 6.10. The molecule has 0 radical (unpaired) electrons. The van der Waals surface area contributed by atoms with Crippen molar-refractivity contribution in [2.45, 2.75) is 77.9 Å². The molecule has 4 unspecified atom stereocenters. The Hall–Kier alpha value is -0.0800. The summed E-state index contributed by atoms with van der Waals surface area (Å²) < 4.78 is 6.22. The lowest BCUT2D eigenvalue weighted by molar-refractivity contribution is -0.00669. The first-order valence-corrected chi connectivity index (χ1v) is 8.00. The van der Waals surface area contributed by atoms with Crippen LogP contribution in [0.5, 0.6) is 0 Å². The summed E-state index contributed by atoms with van der Waals surface area (Å²) in [5.74, 6) is 1.71. The zero-order chi connectivity index (χ0) is 13.4. The molecule has 18 heavy (non-hydrogen) atoms. The standard InChI is InChI=1S/C16H33NO/c1-5-8-15(17-4)16(6-2)18-12-14-10-7-9-13(3)11-14/h13-17H,5-12H2,1-4H3. The molecule has 0 aromatic rings. The summed E-state index contributed by atoms with van der Waals surface area (Å²) in [7, 11) is 2.06. The number of hydrogen-bond donors (Lipinski definition) is 1. The van der Waals surface area contributed by atoms with Crippen molar-refractivity contribution < 1.29 is 4.74 Å². The molecule has 108 valence electrons. The van der Waals surface area contributed by atoms with E-state index in [9.17, 15) is 0 Å². The number of ether oxygens (including phenoxy) is 1. The Bertz CT molecular complexity index is 207. The Morgan fingerprint density at radius 2 is 2.06 bits per heavy atom. The smallest absolute Gasteiger partial charge is 0.0725 e. The second-order valence-electron chi connectivity index (χ2n) is 6.10. The van der Waals surface area contributed by atoms with Crippen LogP contribution in [0.15, 0.2) is 0 Å². The molecule has 0 bridgehead atoms. The van der Waals surface area contributed by atoms with Gasteiger partial charge in [0.15, 0.2) is 0 Å². The van der Waals surface area contributed by atoms with E-state index < -0.39 is 0 Å². The minimum atomic E-state index is 0.396. The minimum Gasteiger partial charge on any atom is -0.376 e. The van der Waals surface area contributed by atoms with Crippen LogP contribution in [0.4, 0.5) is 0 Å². The zero-order valence-electron chi connectivity index (χ0n) is 12.9. The first kappa shape index (κ1) is 16.0. The predicted octanol–water partition coefficient (Wildman–Crippen LogP) is 4.00. The molecule has 1 N–H and O–H groups in total. The molecule has 2 heteroatoms. The Kier molecular flexibility index (Phi) is 7.92. The molecule has 2 nitrogen and oxygen atoms in total. The van der Waals surface area contributed by atoms with E-state index in [0.717, 1.165) is 24.9 Å². The summed E-state index contributed by atoms with van der Waals surface area (Å²) in [5.41, 5.74) is 0. The van der Waals surface area contributed by atoms with Gasteiger partial charge in [-0.25, -0.2) is 0 Å². The average molecular weight is 255 g/mol. The number of hydrogen-bond acceptors (Lipinski definition) is 2. The van der Waals surface area contributed by atoms with Crippen LogP contribution in [0, 0.1) is 11.8 Å². The lowest BCUT2D eigenvalue weighted by Gasteiger charge is -2.31. The van der Waals surface area contributed by atoms with Crippen molar-refractivity contribution in [3.63, 3.8) is 0 Å². The molecule has 1 rings (SSSR count). The molecule has 1 fully saturated rings. The maximum Gasteiger partial charge on any atom is 0.0725 e. The van der Waals surface area contributed by atoms with Crippen molar-refractivity contribution in [1.82, 2.24) is 5.32 Å². The van der Waals surface area contributed by atoms with Crippen LogP contribution in [0.3, 0.4) is 0 Å². The first-order chi connectivity index (χ1) is 8.71. The fraction of sp³-hybridized carbons (Fsp3) is 1.00. The van der Waals surface area contributed by atoms with E-state index in [1.807, 2.05) is 0 Å². The van der Waals surface area contributed by atoms with Crippen LogP contribution in [0.25, 0.3) is 0 Å². The molecule has 0 saturated heterocycles. The average Bonchev–Trinajstić information content (AvgIpc) is 2.38. The van der Waals surface area contributed by atoms with E-state index in [2.05, 4.69) is 33.1 Å². The van der Waals surface area contributed by atoms with Gasteiger partial charge in [-0.15, -0.1) is 0 Å². The van der Waals surface area contributed by atoms with Gasteiger partial charge in [0.1, 0.15) is 0 Å². The molecule has 0 aromatic heterocycles. The van der Waals surface area contributed by atoms with Crippen LogP contribution >= 0.6 is 0 Å². The molecule has 0 heterocycles. The maximum atomic E-state index is 6.22. The van der Waals surface area contributed by atoms with E-state index >= 15 is 0 Å². The highest BCUT2D eigenvalue weighted by Gasteiger charge is 2.23. The molecule has 1 saturated carbocycles. The second kappa shape index (κ2) is 8.92. The Morgan fingerprint density at radius 3 is 2.61 bits per heavy atom. The highest BCUT2D eigenvalue weighted by Crippen LogP contribution is 2.29. The molecular formula is C16H33NO. The fourth-order valence-electron chi connectivity index (χ4n) is 3.32. The molecule has 0 aromatic carbocycles. The van der Waals surface area contributed by atoms with Crippen molar-refractivity contribution in [3.8, 4) is 0 Å². The number of nitrogens with one attached hydrogen (secondary N) is 1. The number of likely N-dealkylation sites (N-methyl/N-ethyl adjacent to an activating group) is 1. The summed E-state index contributed by atoms with van der Waals surface area (Å²) in [6, 6.07) is 0.529. The lowest BCUT2D eigenvalue weighted by Crippen LogP contribution is -2.40. The van der Waals surface area contributed by atoms with Crippen molar-refractivity contribution >= 4 is 0 Å². The van der Waals surface area contributed by atoms with Gasteiger partial charge in [-0.1, -0.05) is 40.0 Å². The van der Waals surface area contributed by atoms with Gasteiger partial charge >= 0.3 is 0 Å². The molecule has 4 atom stereocenters. The summed E-state index contributed by atoms with van der Waals surface area (Å²) >= 11 is 0. The van der Waals surface area contributed by atoms with Gasteiger partial charge in [0.05, 0.1) is 6.10 Å². The summed E-state index contributed by atoms with van der Waals surface area (Å²) in [5, 5.41) is 3.43. The van der Waals surface area contributed by atoms with Crippen LogP contribution in [-0.4, -0.2) is 25.8 Å². The Balaban J connectivity index is 2.33. The van der Waals surface area contributed by atoms with E-state index in [1.165, 1.54) is 38.5 Å². The van der Waals surface area contributed by atoms with E-state index in [0.29, 0.717) is 12.1 Å². The quantitative estimate of drug-likeness (QED) is 0.708. The van der Waals surface area contributed by atoms with E-state index in [-0.39, 0.29) is 0 Å². The van der Waals surface area contributed by atoms with Gasteiger partial charge in [0.2, 0.25) is 0 Å². The third kappa shape index (κ3) is 5.27. The topological polar surface area (TPSA) is 21.3 Å². The highest BCUT2D eigenvalue weighted by atomic mass is 16.5. The van der Waals surface area contributed by atoms with E-state index in [1.54, 1.807) is 0 Å². The SMILES string of the molecule is CCCC(NC)C(CC)OCC1CCCC(C)C1. The summed E-state index contributed by atoms with van der Waals surface area (Å²) in [4.78, 5) is 0. The monoisotopic (exact) mass is 255 g/mol. The normalized spacial score (nSPS) is 28.0.